The molecule has 154 valence electrons. The van der Waals surface area contributed by atoms with Gasteiger partial charge in [-0.1, -0.05) is 53.0 Å². The average Bonchev–Trinajstić information content (AvgIpc) is 2.68. The van der Waals surface area contributed by atoms with E-state index < -0.39 is 11.9 Å². The van der Waals surface area contributed by atoms with Crippen LogP contribution in [0.4, 0.5) is 5.69 Å². The summed E-state index contributed by atoms with van der Waals surface area (Å²) in [4.78, 5) is 23.7. The highest BCUT2D eigenvalue weighted by Gasteiger charge is 2.16. The molecule has 3 aromatic carbocycles. The second-order valence-electron chi connectivity index (χ2n) is 6.40. The van der Waals surface area contributed by atoms with Crippen molar-refractivity contribution in [3.63, 3.8) is 0 Å². The summed E-state index contributed by atoms with van der Waals surface area (Å²) < 4.78 is 5.81. The van der Waals surface area contributed by atoms with Gasteiger partial charge in [-0.05, 0) is 53.6 Å². The summed E-state index contributed by atoms with van der Waals surface area (Å²) in [5, 5.41) is 12.8. The molecular weight excluding hydrogens is 449 g/mol. The Bertz CT molecular complexity index is 1100. The Labute approximate surface area is 188 Å². The van der Waals surface area contributed by atoms with Gasteiger partial charge in [-0.3, -0.25) is 9.59 Å². The lowest BCUT2D eigenvalue weighted by atomic mass is 10.1. The van der Waals surface area contributed by atoms with Gasteiger partial charge in [0, 0.05) is 10.0 Å². The van der Waals surface area contributed by atoms with Crippen LogP contribution >= 0.6 is 34.8 Å². The topological polar surface area (TPSA) is 75.6 Å². The molecule has 3 rings (SSSR count). The number of rotatable bonds is 7. The van der Waals surface area contributed by atoms with E-state index in [4.69, 9.17) is 44.6 Å². The summed E-state index contributed by atoms with van der Waals surface area (Å²) in [7, 11) is 0. The van der Waals surface area contributed by atoms with Crippen molar-refractivity contribution in [2.24, 2.45) is 0 Å². The largest absolute Gasteiger partial charge is 0.488 e. The first-order valence-electron chi connectivity index (χ1n) is 8.80. The highest BCUT2D eigenvalue weighted by molar-refractivity contribution is 6.34. The van der Waals surface area contributed by atoms with Gasteiger partial charge in [0.1, 0.15) is 12.4 Å². The summed E-state index contributed by atoms with van der Waals surface area (Å²) >= 11 is 18.3. The smallest absolute Gasteiger partial charge is 0.307 e. The van der Waals surface area contributed by atoms with E-state index in [1.54, 1.807) is 36.4 Å². The van der Waals surface area contributed by atoms with E-state index in [0.29, 0.717) is 27.0 Å². The molecule has 0 aliphatic carbocycles. The number of hydrogen-bond donors (Lipinski definition) is 2. The number of carbonyl (C=O) groups excluding carboxylic acids is 1. The van der Waals surface area contributed by atoms with Crippen LogP contribution in [-0.2, 0) is 17.8 Å². The zero-order valence-corrected chi connectivity index (χ0v) is 17.8. The molecule has 0 heterocycles. The standard InChI is InChI=1S/C22H16Cl3NO4/c23-15-3-1-2-14(8-15)12-30-20-7-5-16(24)11-17(20)22(29)26-19-6-4-13(9-18(19)25)10-21(27)28/h1-9,11H,10,12H2,(H,26,29)(H,27,28). The fourth-order valence-corrected chi connectivity index (χ4v) is 3.36. The summed E-state index contributed by atoms with van der Waals surface area (Å²) in [6.45, 7) is 0.215. The third kappa shape index (κ3) is 5.89. The maximum absolute atomic E-state index is 12.8. The van der Waals surface area contributed by atoms with Gasteiger partial charge in [0.05, 0.1) is 22.7 Å². The number of carboxylic acid groups (broad SMARTS) is 1. The van der Waals surface area contributed by atoms with E-state index in [9.17, 15) is 9.59 Å². The summed E-state index contributed by atoms with van der Waals surface area (Å²) in [5.41, 5.74) is 1.95. The van der Waals surface area contributed by atoms with E-state index in [2.05, 4.69) is 5.32 Å². The van der Waals surface area contributed by atoms with E-state index in [1.807, 2.05) is 12.1 Å². The van der Waals surface area contributed by atoms with Gasteiger partial charge < -0.3 is 15.2 Å². The highest BCUT2D eigenvalue weighted by Crippen LogP contribution is 2.28. The van der Waals surface area contributed by atoms with Crippen molar-refractivity contribution in [3.8, 4) is 5.75 Å². The van der Waals surface area contributed by atoms with Crippen LogP contribution in [0.5, 0.6) is 5.75 Å². The first kappa shape index (κ1) is 22.0. The maximum Gasteiger partial charge on any atom is 0.307 e. The van der Waals surface area contributed by atoms with Crippen LogP contribution in [0.15, 0.2) is 60.7 Å². The molecule has 0 saturated carbocycles. The van der Waals surface area contributed by atoms with Gasteiger partial charge in [-0.15, -0.1) is 0 Å². The maximum atomic E-state index is 12.8. The average molecular weight is 465 g/mol. The number of halogens is 3. The first-order valence-corrected chi connectivity index (χ1v) is 9.93. The molecule has 3 aromatic rings. The van der Waals surface area contributed by atoms with Gasteiger partial charge in [0.25, 0.3) is 5.91 Å². The van der Waals surface area contributed by atoms with E-state index >= 15 is 0 Å². The van der Waals surface area contributed by atoms with Crippen LogP contribution in [0.25, 0.3) is 0 Å². The lowest BCUT2D eigenvalue weighted by molar-refractivity contribution is -0.136. The number of aliphatic carboxylic acids is 1. The molecule has 0 radical (unpaired) electrons. The SMILES string of the molecule is O=C(O)Cc1ccc(NC(=O)c2cc(Cl)ccc2OCc2cccc(Cl)c2)c(Cl)c1. The summed E-state index contributed by atoms with van der Waals surface area (Å²) in [6, 6.07) is 16.6. The number of carboxylic acids is 1. The predicted octanol–water partition coefficient (Wildman–Crippen LogP) is 6.11. The molecule has 0 aliphatic heterocycles. The van der Waals surface area contributed by atoms with Crippen LogP contribution in [0.1, 0.15) is 21.5 Å². The molecule has 0 aliphatic rings. The zero-order chi connectivity index (χ0) is 21.7. The van der Waals surface area contributed by atoms with Crippen molar-refractivity contribution in [1.82, 2.24) is 0 Å². The molecule has 30 heavy (non-hydrogen) atoms. The Morgan fingerprint density at radius 3 is 2.37 bits per heavy atom. The Morgan fingerprint density at radius 1 is 0.900 bits per heavy atom. The van der Waals surface area contributed by atoms with E-state index in [1.165, 1.54) is 12.1 Å². The number of nitrogens with one attached hydrogen (secondary N) is 1. The number of amides is 1. The fourth-order valence-electron chi connectivity index (χ4n) is 2.73. The van der Waals surface area contributed by atoms with Crippen LogP contribution in [0.2, 0.25) is 15.1 Å². The normalized spacial score (nSPS) is 10.5. The van der Waals surface area contributed by atoms with Crippen LogP contribution < -0.4 is 10.1 Å². The number of ether oxygens (including phenoxy) is 1. The molecule has 0 fully saturated rings. The molecule has 0 unspecified atom stereocenters. The Kier molecular flexibility index (Phi) is 7.21. The third-order valence-electron chi connectivity index (χ3n) is 4.11. The molecule has 2 N–H and O–H groups in total. The minimum absolute atomic E-state index is 0.163. The van der Waals surface area contributed by atoms with Crippen molar-refractivity contribution < 1.29 is 19.4 Å². The molecule has 8 heteroatoms. The van der Waals surface area contributed by atoms with Crippen LogP contribution in [-0.4, -0.2) is 17.0 Å². The van der Waals surface area contributed by atoms with Crippen LogP contribution in [0, 0.1) is 0 Å². The fraction of sp³-hybridized carbons (Fsp3) is 0.0909. The second kappa shape index (κ2) is 9.85. The molecule has 0 bridgehead atoms. The number of benzene rings is 3. The molecule has 5 nitrogen and oxygen atoms in total. The molecule has 0 saturated heterocycles. The van der Waals surface area contributed by atoms with Crippen molar-refractivity contribution in [1.29, 1.82) is 0 Å². The van der Waals surface area contributed by atoms with Crippen molar-refractivity contribution in [3.05, 3.63) is 92.4 Å². The van der Waals surface area contributed by atoms with Crippen molar-refractivity contribution in [2.45, 2.75) is 13.0 Å². The Hall–Kier alpha value is -2.73. The zero-order valence-electron chi connectivity index (χ0n) is 15.5. The predicted molar refractivity (Wildman–Crippen MR) is 118 cm³/mol. The van der Waals surface area contributed by atoms with Crippen LogP contribution in [0.3, 0.4) is 0 Å². The molecular formula is C22H16Cl3NO4. The molecule has 0 aromatic heterocycles. The van der Waals surface area contributed by atoms with Gasteiger partial charge >= 0.3 is 5.97 Å². The quantitative estimate of drug-likeness (QED) is 0.442. The second-order valence-corrected chi connectivity index (χ2v) is 7.68. The molecule has 0 spiro atoms. The molecule has 0 atom stereocenters. The van der Waals surface area contributed by atoms with Gasteiger partial charge in [-0.2, -0.15) is 0 Å². The monoisotopic (exact) mass is 463 g/mol. The van der Waals surface area contributed by atoms with E-state index in [-0.39, 0.29) is 23.6 Å². The summed E-state index contributed by atoms with van der Waals surface area (Å²) in [6.07, 6.45) is -0.163. The Balaban J connectivity index is 1.78. The first-order chi connectivity index (χ1) is 14.3. The highest BCUT2D eigenvalue weighted by atomic mass is 35.5. The van der Waals surface area contributed by atoms with Crippen molar-refractivity contribution >= 4 is 52.4 Å². The Morgan fingerprint density at radius 2 is 1.67 bits per heavy atom. The lowest BCUT2D eigenvalue weighted by Crippen LogP contribution is -2.14. The summed E-state index contributed by atoms with van der Waals surface area (Å²) in [5.74, 6) is -1.09. The van der Waals surface area contributed by atoms with Crippen molar-refractivity contribution in [2.75, 3.05) is 5.32 Å². The van der Waals surface area contributed by atoms with E-state index in [0.717, 1.165) is 5.56 Å². The van der Waals surface area contributed by atoms with Gasteiger partial charge in [0.15, 0.2) is 0 Å². The molecule has 1 amide bonds. The minimum atomic E-state index is -0.969. The minimum Gasteiger partial charge on any atom is -0.488 e. The number of carbonyl (C=O) groups is 2. The van der Waals surface area contributed by atoms with Gasteiger partial charge in [0.2, 0.25) is 0 Å². The van der Waals surface area contributed by atoms with Gasteiger partial charge in [-0.25, -0.2) is 0 Å². The third-order valence-corrected chi connectivity index (χ3v) is 4.89. The number of anilines is 1. The lowest BCUT2D eigenvalue weighted by Gasteiger charge is -2.13. The number of hydrogen-bond acceptors (Lipinski definition) is 3.